The molecule has 2 aliphatic heterocycles. The first-order chi connectivity index (χ1) is 17.3. The number of fused-ring (bicyclic) bond motifs is 1. The molecule has 0 radical (unpaired) electrons. The molecule has 15 nitrogen and oxygen atoms in total. The third kappa shape index (κ3) is 4.95. The lowest BCUT2D eigenvalue weighted by atomic mass is 10.0. The molecule has 4 N–H and O–H groups in total. The molecule has 2 unspecified atom stereocenters. The number of hydrogen-bond acceptors (Lipinski definition) is 13. The lowest BCUT2D eigenvalue weighted by Gasteiger charge is -2.49. The van der Waals surface area contributed by atoms with Crippen molar-refractivity contribution in [2.75, 3.05) is 18.2 Å². The zero-order valence-electron chi connectivity index (χ0n) is 18.3. The Morgan fingerprint density at radius 2 is 2.25 bits per heavy atom. The van der Waals surface area contributed by atoms with Crippen LogP contribution in [0.25, 0.3) is 0 Å². The highest BCUT2D eigenvalue weighted by Crippen LogP contribution is 2.43. The van der Waals surface area contributed by atoms with Crippen molar-refractivity contribution in [3.05, 3.63) is 20.8 Å². The number of carboxylic acid groups (broad SMARTS) is 1. The number of aromatic nitrogens is 5. The van der Waals surface area contributed by atoms with Gasteiger partial charge in [0.1, 0.15) is 33.7 Å². The number of β-lactam (4-membered cyclic amide) rings is 1. The second-order valence-electron chi connectivity index (χ2n) is 7.02. The highest BCUT2D eigenvalue weighted by Gasteiger charge is 2.55. The van der Waals surface area contributed by atoms with Crippen LogP contribution >= 0.6 is 50.8 Å². The number of carbonyl (C=O) groups excluding carboxylic acids is 3. The standard InChI is InChI=1S/C17H16BrN9O6S3/c1-5(35-17-22-25-26-23-17)6-3-34-14-9(13(30)27(14)10(6)15(31)32)20-12(29)8(24-33-2)7-11(18)36-16(21-7)19-4-28/h4-5,9,14H,3H2,1-2H3,(H,20,29)(H,31,32)(H,19,21,28)(H,22,23,25,26)/t5?,9?,14-/m1/s1. The maximum absolute atomic E-state index is 13.0. The van der Waals surface area contributed by atoms with Crippen molar-refractivity contribution in [3.8, 4) is 0 Å². The minimum absolute atomic E-state index is 0.101. The van der Waals surface area contributed by atoms with E-state index in [2.05, 4.69) is 57.3 Å². The number of aliphatic carboxylic acids is 1. The van der Waals surface area contributed by atoms with Crippen LogP contribution in [0.2, 0.25) is 0 Å². The molecule has 0 aliphatic carbocycles. The van der Waals surface area contributed by atoms with E-state index in [0.29, 0.717) is 26.7 Å². The Bertz CT molecular complexity index is 1270. The van der Waals surface area contributed by atoms with E-state index in [1.165, 1.54) is 35.5 Å². The van der Waals surface area contributed by atoms with Crippen LogP contribution in [0.4, 0.5) is 5.13 Å². The van der Waals surface area contributed by atoms with Crippen molar-refractivity contribution >= 4 is 85.8 Å². The minimum Gasteiger partial charge on any atom is -0.477 e. The fourth-order valence-corrected chi connectivity index (χ4v) is 7.24. The fourth-order valence-electron chi connectivity index (χ4n) is 3.44. The summed E-state index contributed by atoms with van der Waals surface area (Å²) in [6.45, 7) is 1.79. The molecule has 0 aromatic carbocycles. The number of thiazole rings is 1. The van der Waals surface area contributed by atoms with Gasteiger partial charge in [-0.2, -0.15) is 5.21 Å². The van der Waals surface area contributed by atoms with Crippen LogP contribution in [0, 0.1) is 0 Å². The summed E-state index contributed by atoms with van der Waals surface area (Å²) in [5, 5.41) is 31.7. The smallest absolute Gasteiger partial charge is 0.352 e. The number of amides is 3. The molecule has 19 heteroatoms. The number of nitrogens with zero attached hydrogens (tertiary/aromatic N) is 6. The molecule has 0 bridgehead atoms. The van der Waals surface area contributed by atoms with Gasteiger partial charge in [0.15, 0.2) is 10.8 Å². The molecule has 3 amide bonds. The number of rotatable bonds is 10. The van der Waals surface area contributed by atoms with Crippen LogP contribution in [0.15, 0.2) is 25.4 Å². The first-order valence-electron chi connectivity index (χ1n) is 9.86. The lowest BCUT2D eigenvalue weighted by molar-refractivity contribution is -0.150. The summed E-state index contributed by atoms with van der Waals surface area (Å²) in [6.07, 6.45) is 0.438. The predicted molar refractivity (Wildman–Crippen MR) is 132 cm³/mol. The maximum atomic E-state index is 13.0. The first kappa shape index (κ1) is 26.0. The number of nitrogens with one attached hydrogen (secondary N) is 3. The summed E-state index contributed by atoms with van der Waals surface area (Å²) >= 11 is 6.85. The van der Waals surface area contributed by atoms with Gasteiger partial charge in [-0.15, -0.1) is 22.0 Å². The number of oxime groups is 1. The summed E-state index contributed by atoms with van der Waals surface area (Å²) in [7, 11) is 1.24. The molecular formula is C17H16BrN9O6S3. The molecule has 1 fully saturated rings. The molecule has 36 heavy (non-hydrogen) atoms. The molecule has 0 spiro atoms. The average Bonchev–Trinajstić information content (AvgIpc) is 3.49. The van der Waals surface area contributed by atoms with Gasteiger partial charge in [0, 0.05) is 11.0 Å². The highest BCUT2D eigenvalue weighted by molar-refractivity contribution is 9.11. The van der Waals surface area contributed by atoms with Crippen LogP contribution in [-0.2, 0) is 24.0 Å². The summed E-state index contributed by atoms with van der Waals surface area (Å²) in [5.41, 5.74) is 0.270. The maximum Gasteiger partial charge on any atom is 0.352 e. The number of carboxylic acids is 1. The van der Waals surface area contributed by atoms with Crippen molar-refractivity contribution < 1.29 is 29.1 Å². The van der Waals surface area contributed by atoms with Gasteiger partial charge in [-0.05, 0) is 33.6 Å². The number of anilines is 1. The number of tetrazole rings is 1. The number of thioether (sulfide) groups is 2. The molecule has 2 aromatic rings. The zero-order chi connectivity index (χ0) is 26.0. The van der Waals surface area contributed by atoms with Gasteiger partial charge in [-0.1, -0.05) is 28.3 Å². The zero-order valence-corrected chi connectivity index (χ0v) is 22.3. The molecule has 1 saturated heterocycles. The summed E-state index contributed by atoms with van der Waals surface area (Å²) < 4.78 is 0.403. The Hall–Kier alpha value is -3.03. The van der Waals surface area contributed by atoms with E-state index in [0.717, 1.165) is 11.3 Å². The Labute approximate surface area is 223 Å². The van der Waals surface area contributed by atoms with Crippen LogP contribution < -0.4 is 10.6 Å². The third-order valence-electron chi connectivity index (χ3n) is 4.98. The van der Waals surface area contributed by atoms with Gasteiger partial charge in [-0.3, -0.25) is 19.3 Å². The van der Waals surface area contributed by atoms with Gasteiger partial charge in [-0.25, -0.2) is 9.78 Å². The third-order valence-corrected chi connectivity index (χ3v) is 8.94. The van der Waals surface area contributed by atoms with Crippen molar-refractivity contribution in [1.29, 1.82) is 0 Å². The Balaban J connectivity index is 1.53. The number of halogens is 1. The van der Waals surface area contributed by atoms with Gasteiger partial charge >= 0.3 is 5.97 Å². The summed E-state index contributed by atoms with van der Waals surface area (Å²) in [5.74, 6) is -2.28. The van der Waals surface area contributed by atoms with Gasteiger partial charge in [0.25, 0.3) is 11.8 Å². The summed E-state index contributed by atoms with van der Waals surface area (Å²) in [4.78, 5) is 59.0. The minimum atomic E-state index is -1.25. The van der Waals surface area contributed by atoms with E-state index in [1.54, 1.807) is 6.92 Å². The van der Waals surface area contributed by atoms with Crippen molar-refractivity contribution in [3.63, 3.8) is 0 Å². The SMILES string of the molecule is CON=C(C(=O)NC1C(=O)N2C(C(=O)O)=C(C(C)Sc3nn[nH]n3)CS[C@H]12)c1nc(NC=O)sc1Br. The molecule has 4 heterocycles. The second kappa shape index (κ2) is 10.9. The van der Waals surface area contributed by atoms with Crippen LogP contribution in [0.3, 0.4) is 0 Å². The topological polar surface area (TPSA) is 205 Å². The largest absolute Gasteiger partial charge is 0.477 e. The second-order valence-corrected chi connectivity index (χ2v) is 11.8. The predicted octanol–water partition coefficient (Wildman–Crippen LogP) is 0.257. The fraction of sp³-hybridized carbons (Fsp3) is 0.353. The number of aromatic amines is 1. The van der Waals surface area contributed by atoms with E-state index in [-0.39, 0.29) is 27.5 Å². The Morgan fingerprint density at radius 1 is 1.47 bits per heavy atom. The Kier molecular flexibility index (Phi) is 7.91. The molecule has 2 aromatic heterocycles. The molecule has 0 saturated carbocycles. The molecule has 3 atom stereocenters. The van der Waals surface area contributed by atoms with Crippen LogP contribution in [-0.4, -0.2) is 95.0 Å². The highest BCUT2D eigenvalue weighted by atomic mass is 79.9. The normalized spacial score (nSPS) is 20.4. The lowest BCUT2D eigenvalue weighted by Crippen LogP contribution is -2.71. The Morgan fingerprint density at radius 3 is 2.89 bits per heavy atom. The van der Waals surface area contributed by atoms with Gasteiger partial charge in [0.05, 0.1) is 0 Å². The average molecular weight is 618 g/mol. The number of carbonyl (C=O) groups is 4. The van der Waals surface area contributed by atoms with E-state index < -0.39 is 29.2 Å². The number of hydrogen-bond donors (Lipinski definition) is 4. The molecule has 4 rings (SSSR count). The quantitative estimate of drug-likeness (QED) is 0.0931. The molecular weight excluding hydrogens is 602 g/mol. The van der Waals surface area contributed by atoms with E-state index >= 15 is 0 Å². The first-order valence-corrected chi connectivity index (χ1v) is 13.4. The van der Waals surface area contributed by atoms with E-state index in [1.807, 2.05) is 0 Å². The van der Waals surface area contributed by atoms with Gasteiger partial charge < -0.3 is 20.6 Å². The van der Waals surface area contributed by atoms with Crippen molar-refractivity contribution in [2.45, 2.75) is 28.7 Å². The number of H-pyrrole nitrogens is 1. The van der Waals surface area contributed by atoms with Crippen molar-refractivity contribution in [2.24, 2.45) is 5.16 Å². The molecule has 190 valence electrons. The monoisotopic (exact) mass is 617 g/mol. The van der Waals surface area contributed by atoms with Crippen LogP contribution in [0.1, 0.15) is 12.6 Å². The molecule has 2 aliphatic rings. The van der Waals surface area contributed by atoms with Crippen LogP contribution in [0.5, 0.6) is 0 Å². The van der Waals surface area contributed by atoms with E-state index in [4.69, 9.17) is 4.84 Å². The van der Waals surface area contributed by atoms with E-state index in [9.17, 15) is 24.3 Å². The van der Waals surface area contributed by atoms with Gasteiger partial charge in [0.2, 0.25) is 11.6 Å². The summed E-state index contributed by atoms with van der Waals surface area (Å²) in [6, 6.07) is -0.995. The van der Waals surface area contributed by atoms with Crippen molar-refractivity contribution in [1.82, 2.24) is 35.8 Å².